The minimum absolute atomic E-state index is 0.107. The quantitative estimate of drug-likeness (QED) is 0.929. The van der Waals surface area contributed by atoms with Crippen LogP contribution in [0.1, 0.15) is 26.7 Å². The van der Waals surface area contributed by atoms with Crippen molar-refractivity contribution >= 4 is 21.6 Å². The highest BCUT2D eigenvalue weighted by molar-refractivity contribution is 9.10. The minimum atomic E-state index is -0.107. The number of hydrogen-bond donors (Lipinski definition) is 1. The van der Waals surface area contributed by atoms with Crippen LogP contribution in [0.5, 0.6) is 0 Å². The van der Waals surface area contributed by atoms with Gasteiger partial charge < -0.3 is 5.32 Å². The molecule has 1 aliphatic rings. The fraction of sp³-hybridized carbons (Fsp3) is 0.667. The van der Waals surface area contributed by atoms with Crippen molar-refractivity contribution in [3.05, 3.63) is 21.0 Å². The lowest BCUT2D eigenvalue weighted by atomic mass is 9.92. The van der Waals surface area contributed by atoms with Gasteiger partial charge in [0.15, 0.2) is 0 Å². The molecule has 0 aromatic carbocycles. The van der Waals surface area contributed by atoms with Gasteiger partial charge in [0.05, 0.1) is 11.9 Å². The zero-order chi connectivity index (χ0) is 12.6. The number of aryl methyl sites for hydroxylation is 1. The van der Waals surface area contributed by atoms with Crippen LogP contribution in [0.4, 0.5) is 5.69 Å². The maximum Gasteiger partial charge on any atom is 0.282 e. The van der Waals surface area contributed by atoms with Gasteiger partial charge >= 0.3 is 0 Å². The van der Waals surface area contributed by atoms with Crippen LogP contribution >= 0.6 is 15.9 Å². The van der Waals surface area contributed by atoms with E-state index in [1.54, 1.807) is 13.2 Å². The van der Waals surface area contributed by atoms with Gasteiger partial charge in [-0.15, -0.1) is 0 Å². The molecule has 17 heavy (non-hydrogen) atoms. The van der Waals surface area contributed by atoms with Crippen molar-refractivity contribution in [3.63, 3.8) is 0 Å². The smallest absolute Gasteiger partial charge is 0.282 e. The normalized spacial score (nSPS) is 17.2. The molecule has 0 aliphatic heterocycles. The molecule has 5 heteroatoms. The maximum atomic E-state index is 11.7. The molecule has 0 spiro atoms. The summed E-state index contributed by atoms with van der Waals surface area (Å²) >= 11 is 3.32. The van der Waals surface area contributed by atoms with Crippen molar-refractivity contribution in [2.45, 2.75) is 26.7 Å². The summed E-state index contributed by atoms with van der Waals surface area (Å²) < 4.78 is 1.89. The molecule has 1 heterocycles. The third kappa shape index (κ3) is 2.39. The molecular weight excluding hydrogens is 282 g/mol. The average Bonchev–Trinajstić information content (AvgIpc) is 3.06. The zero-order valence-electron chi connectivity index (χ0n) is 10.5. The summed E-state index contributed by atoms with van der Waals surface area (Å²) in [5.41, 5.74) is 1.10. The summed E-state index contributed by atoms with van der Waals surface area (Å²) in [7, 11) is 1.65. The molecule has 1 aromatic rings. The Bertz CT molecular complexity index is 477. The van der Waals surface area contributed by atoms with Crippen LogP contribution in [0.25, 0.3) is 0 Å². The van der Waals surface area contributed by atoms with E-state index in [2.05, 4.69) is 40.2 Å². The number of hydrogen-bond acceptors (Lipinski definition) is 3. The van der Waals surface area contributed by atoms with E-state index in [9.17, 15) is 4.79 Å². The Morgan fingerprint density at radius 1 is 1.59 bits per heavy atom. The molecule has 94 valence electrons. The highest BCUT2D eigenvalue weighted by atomic mass is 79.9. The Morgan fingerprint density at radius 3 is 2.76 bits per heavy atom. The third-order valence-corrected chi connectivity index (χ3v) is 4.59. The molecule has 1 saturated carbocycles. The van der Waals surface area contributed by atoms with Gasteiger partial charge in [-0.1, -0.05) is 13.8 Å². The van der Waals surface area contributed by atoms with Gasteiger partial charge in [-0.05, 0) is 40.1 Å². The van der Waals surface area contributed by atoms with Crippen LogP contribution < -0.4 is 10.9 Å². The van der Waals surface area contributed by atoms with Crippen molar-refractivity contribution in [3.8, 4) is 0 Å². The lowest BCUT2D eigenvalue weighted by Gasteiger charge is -2.21. The summed E-state index contributed by atoms with van der Waals surface area (Å²) in [6.45, 7) is 5.43. The Kier molecular flexibility index (Phi) is 3.30. The van der Waals surface area contributed by atoms with E-state index in [4.69, 9.17) is 0 Å². The molecule has 0 saturated heterocycles. The van der Waals surface area contributed by atoms with E-state index in [0.717, 1.165) is 12.2 Å². The molecule has 1 N–H and O–H groups in total. The lowest BCUT2D eigenvalue weighted by molar-refractivity contribution is 0.380. The van der Waals surface area contributed by atoms with E-state index in [1.807, 2.05) is 0 Å². The SMILES string of the molecule is CC(C)C1(CNc2cnn(C)c(=O)c2Br)CC1. The number of nitrogens with zero attached hydrogens (tertiary/aromatic N) is 2. The summed E-state index contributed by atoms with van der Waals surface area (Å²) in [4.78, 5) is 11.7. The van der Waals surface area contributed by atoms with E-state index < -0.39 is 0 Å². The fourth-order valence-corrected chi connectivity index (χ4v) is 2.52. The van der Waals surface area contributed by atoms with Gasteiger partial charge in [-0.3, -0.25) is 4.79 Å². The lowest BCUT2D eigenvalue weighted by Crippen LogP contribution is -2.25. The van der Waals surface area contributed by atoms with Crippen molar-refractivity contribution in [2.75, 3.05) is 11.9 Å². The summed E-state index contributed by atoms with van der Waals surface area (Å²) in [5.74, 6) is 0.674. The number of nitrogens with one attached hydrogen (secondary N) is 1. The van der Waals surface area contributed by atoms with Crippen LogP contribution in [0, 0.1) is 11.3 Å². The van der Waals surface area contributed by atoms with Crippen molar-refractivity contribution in [2.24, 2.45) is 18.4 Å². The van der Waals surface area contributed by atoms with Crippen LogP contribution in [0.2, 0.25) is 0 Å². The highest BCUT2D eigenvalue weighted by Gasteiger charge is 2.44. The first kappa shape index (κ1) is 12.6. The molecule has 0 bridgehead atoms. The van der Waals surface area contributed by atoms with E-state index in [1.165, 1.54) is 17.5 Å². The molecule has 0 unspecified atom stereocenters. The second-order valence-corrected chi connectivity index (χ2v) is 5.96. The maximum absolute atomic E-state index is 11.7. The third-order valence-electron chi connectivity index (χ3n) is 3.83. The fourth-order valence-electron chi connectivity index (χ4n) is 2.02. The molecule has 1 aromatic heterocycles. The topological polar surface area (TPSA) is 46.9 Å². The van der Waals surface area contributed by atoms with Gasteiger partial charge in [-0.2, -0.15) is 5.10 Å². The number of rotatable bonds is 4. The van der Waals surface area contributed by atoms with Crippen LogP contribution in [0.3, 0.4) is 0 Å². The predicted molar refractivity (Wildman–Crippen MR) is 72.2 cm³/mol. The van der Waals surface area contributed by atoms with E-state index in [-0.39, 0.29) is 5.56 Å². The van der Waals surface area contributed by atoms with Crippen LogP contribution in [-0.4, -0.2) is 16.3 Å². The standard InChI is InChI=1S/C12H18BrN3O/c1-8(2)12(4-5-12)7-14-9-6-15-16(3)11(17)10(9)13/h6,8,14H,4-5,7H2,1-3H3. The molecule has 4 nitrogen and oxygen atoms in total. The molecule has 1 fully saturated rings. The molecule has 1 aliphatic carbocycles. The summed E-state index contributed by atoms with van der Waals surface area (Å²) in [6, 6.07) is 0. The van der Waals surface area contributed by atoms with Gasteiger partial charge in [0, 0.05) is 13.6 Å². The summed E-state index contributed by atoms with van der Waals surface area (Å²) in [5, 5.41) is 7.36. The van der Waals surface area contributed by atoms with Gasteiger partial charge in [0.2, 0.25) is 0 Å². The Balaban J connectivity index is 2.10. The molecule has 0 radical (unpaired) electrons. The predicted octanol–water partition coefficient (Wildman–Crippen LogP) is 2.39. The molecule has 0 atom stereocenters. The molecular formula is C12H18BrN3O. The number of halogens is 1. The average molecular weight is 300 g/mol. The second-order valence-electron chi connectivity index (χ2n) is 5.17. The first-order chi connectivity index (χ1) is 7.96. The van der Waals surface area contributed by atoms with Gasteiger partial charge in [0.25, 0.3) is 5.56 Å². The Hall–Kier alpha value is -0.840. The number of anilines is 1. The largest absolute Gasteiger partial charge is 0.382 e. The van der Waals surface area contributed by atoms with Crippen molar-refractivity contribution in [1.82, 2.24) is 9.78 Å². The van der Waals surface area contributed by atoms with Crippen molar-refractivity contribution in [1.29, 1.82) is 0 Å². The van der Waals surface area contributed by atoms with E-state index in [0.29, 0.717) is 15.8 Å². The van der Waals surface area contributed by atoms with Crippen molar-refractivity contribution < 1.29 is 0 Å². The zero-order valence-corrected chi connectivity index (χ0v) is 12.0. The van der Waals surface area contributed by atoms with Gasteiger partial charge in [0.1, 0.15) is 4.47 Å². The molecule has 0 amide bonds. The first-order valence-electron chi connectivity index (χ1n) is 5.92. The van der Waals surface area contributed by atoms with Crippen LogP contribution in [0.15, 0.2) is 15.5 Å². The summed E-state index contributed by atoms with van der Waals surface area (Å²) in [6.07, 6.45) is 4.24. The second kappa shape index (κ2) is 4.44. The highest BCUT2D eigenvalue weighted by Crippen LogP contribution is 2.51. The Labute approximate surface area is 110 Å². The monoisotopic (exact) mass is 299 g/mol. The van der Waals surface area contributed by atoms with Crippen LogP contribution in [-0.2, 0) is 7.05 Å². The first-order valence-corrected chi connectivity index (χ1v) is 6.71. The molecule has 2 rings (SSSR count). The van der Waals surface area contributed by atoms with Gasteiger partial charge in [-0.25, -0.2) is 4.68 Å². The number of aromatic nitrogens is 2. The minimum Gasteiger partial charge on any atom is -0.382 e. The Morgan fingerprint density at radius 2 is 2.24 bits per heavy atom. The van der Waals surface area contributed by atoms with E-state index >= 15 is 0 Å².